The number of nitrogens with zero attached hydrogens (tertiary/aromatic N) is 2. The van der Waals surface area contributed by atoms with Crippen molar-refractivity contribution >= 4 is 40.7 Å². The number of hydrogen-bond donors (Lipinski definition) is 2. The van der Waals surface area contributed by atoms with E-state index >= 15 is 0 Å². The van der Waals surface area contributed by atoms with Gasteiger partial charge in [0.1, 0.15) is 5.82 Å². The predicted octanol–water partition coefficient (Wildman–Crippen LogP) is 4.43. The summed E-state index contributed by atoms with van der Waals surface area (Å²) >= 11 is 12.1. The molecule has 6 heteroatoms. The van der Waals surface area contributed by atoms with Crippen LogP contribution in [-0.4, -0.2) is 16.5 Å². The van der Waals surface area contributed by atoms with Crippen molar-refractivity contribution in [1.82, 2.24) is 9.97 Å². The standard InChI is InChI=1S/C14H14Cl2N4/c1-3-7-17-14-18-9(2)8-12(20-14)19-11-6-4-5-10(15)13(11)16/h3-6,8H,1,7H2,2H3,(H2,17,18,19,20). The number of nitrogens with one attached hydrogen (secondary N) is 2. The van der Waals surface area contributed by atoms with Crippen LogP contribution in [0.1, 0.15) is 5.69 Å². The summed E-state index contributed by atoms with van der Waals surface area (Å²) in [7, 11) is 0. The van der Waals surface area contributed by atoms with Crippen molar-refractivity contribution < 1.29 is 0 Å². The van der Waals surface area contributed by atoms with Gasteiger partial charge in [-0.25, -0.2) is 4.98 Å². The fraction of sp³-hybridized carbons (Fsp3) is 0.143. The minimum absolute atomic E-state index is 0.464. The van der Waals surface area contributed by atoms with Crippen LogP contribution in [0, 0.1) is 6.92 Å². The Labute approximate surface area is 127 Å². The molecule has 0 bridgehead atoms. The lowest BCUT2D eigenvalue weighted by Crippen LogP contribution is -2.06. The van der Waals surface area contributed by atoms with Gasteiger partial charge in [0, 0.05) is 18.3 Å². The van der Waals surface area contributed by atoms with Crippen molar-refractivity contribution in [2.75, 3.05) is 17.2 Å². The van der Waals surface area contributed by atoms with E-state index in [0.717, 1.165) is 5.69 Å². The van der Waals surface area contributed by atoms with Crippen LogP contribution in [0.15, 0.2) is 36.9 Å². The number of hydrogen-bond acceptors (Lipinski definition) is 4. The zero-order valence-corrected chi connectivity index (χ0v) is 12.5. The maximum atomic E-state index is 6.14. The third-order valence-electron chi connectivity index (χ3n) is 2.47. The van der Waals surface area contributed by atoms with E-state index in [9.17, 15) is 0 Å². The molecule has 0 aliphatic heterocycles. The van der Waals surface area contributed by atoms with Crippen LogP contribution in [0.5, 0.6) is 0 Å². The molecule has 0 saturated heterocycles. The summed E-state index contributed by atoms with van der Waals surface area (Å²) in [6.07, 6.45) is 1.74. The zero-order chi connectivity index (χ0) is 14.5. The Morgan fingerprint density at radius 2 is 2.10 bits per heavy atom. The molecule has 0 fully saturated rings. The lowest BCUT2D eigenvalue weighted by Gasteiger charge is -2.11. The molecular weight excluding hydrogens is 295 g/mol. The quantitative estimate of drug-likeness (QED) is 0.802. The fourth-order valence-corrected chi connectivity index (χ4v) is 1.96. The molecular formula is C14H14Cl2N4. The first-order valence-electron chi connectivity index (χ1n) is 6.01. The summed E-state index contributed by atoms with van der Waals surface area (Å²) in [5.41, 5.74) is 1.54. The Bertz CT molecular complexity index is 629. The Kier molecular flexibility index (Phi) is 4.82. The summed E-state index contributed by atoms with van der Waals surface area (Å²) in [4.78, 5) is 8.64. The Balaban J connectivity index is 2.26. The highest BCUT2D eigenvalue weighted by molar-refractivity contribution is 6.43. The molecule has 0 spiro atoms. The van der Waals surface area contributed by atoms with Gasteiger partial charge in [0.15, 0.2) is 0 Å². The van der Waals surface area contributed by atoms with E-state index < -0.39 is 0 Å². The Hall–Kier alpha value is -1.78. The van der Waals surface area contributed by atoms with Gasteiger partial charge in [0.05, 0.1) is 15.7 Å². The molecule has 1 aromatic carbocycles. The second-order valence-corrected chi connectivity index (χ2v) is 4.90. The first kappa shape index (κ1) is 14.6. The van der Waals surface area contributed by atoms with Gasteiger partial charge in [-0.1, -0.05) is 35.3 Å². The van der Waals surface area contributed by atoms with Crippen molar-refractivity contribution in [3.05, 3.63) is 52.7 Å². The Morgan fingerprint density at radius 3 is 2.85 bits per heavy atom. The highest BCUT2D eigenvalue weighted by Crippen LogP contribution is 2.31. The second kappa shape index (κ2) is 6.59. The molecule has 0 radical (unpaired) electrons. The highest BCUT2D eigenvalue weighted by Gasteiger charge is 2.07. The lowest BCUT2D eigenvalue weighted by atomic mass is 10.3. The van der Waals surface area contributed by atoms with E-state index in [-0.39, 0.29) is 0 Å². The minimum atomic E-state index is 0.464. The van der Waals surface area contributed by atoms with Gasteiger partial charge in [-0.2, -0.15) is 4.98 Å². The van der Waals surface area contributed by atoms with Crippen LogP contribution in [-0.2, 0) is 0 Å². The molecule has 4 nitrogen and oxygen atoms in total. The number of aryl methyl sites for hydroxylation is 1. The molecule has 0 aliphatic carbocycles. The normalized spacial score (nSPS) is 10.2. The van der Waals surface area contributed by atoms with E-state index in [4.69, 9.17) is 23.2 Å². The summed E-state index contributed by atoms with van der Waals surface area (Å²) in [6, 6.07) is 7.22. The molecule has 2 rings (SSSR count). The van der Waals surface area contributed by atoms with Crippen LogP contribution in [0.3, 0.4) is 0 Å². The third-order valence-corrected chi connectivity index (χ3v) is 3.29. The minimum Gasteiger partial charge on any atom is -0.351 e. The fourth-order valence-electron chi connectivity index (χ4n) is 1.61. The topological polar surface area (TPSA) is 49.8 Å². The van der Waals surface area contributed by atoms with Crippen LogP contribution < -0.4 is 10.6 Å². The van der Waals surface area contributed by atoms with Crippen molar-refractivity contribution in [2.24, 2.45) is 0 Å². The highest BCUT2D eigenvalue weighted by atomic mass is 35.5. The number of anilines is 3. The largest absolute Gasteiger partial charge is 0.351 e. The summed E-state index contributed by atoms with van der Waals surface area (Å²) in [5, 5.41) is 7.14. The maximum Gasteiger partial charge on any atom is 0.225 e. The first-order chi connectivity index (χ1) is 9.60. The van der Waals surface area contributed by atoms with E-state index in [1.54, 1.807) is 12.1 Å². The van der Waals surface area contributed by atoms with Crippen LogP contribution >= 0.6 is 23.2 Å². The smallest absolute Gasteiger partial charge is 0.225 e. The summed E-state index contributed by atoms with van der Waals surface area (Å²) in [5.74, 6) is 1.18. The zero-order valence-electron chi connectivity index (χ0n) is 11.0. The van der Waals surface area contributed by atoms with Crippen LogP contribution in [0.4, 0.5) is 17.5 Å². The molecule has 104 valence electrons. The van der Waals surface area contributed by atoms with Crippen LogP contribution in [0.25, 0.3) is 0 Å². The molecule has 2 N–H and O–H groups in total. The van der Waals surface area contributed by atoms with Crippen molar-refractivity contribution in [3.8, 4) is 0 Å². The number of aromatic nitrogens is 2. The lowest BCUT2D eigenvalue weighted by molar-refractivity contribution is 1.08. The van der Waals surface area contributed by atoms with Crippen molar-refractivity contribution in [3.63, 3.8) is 0 Å². The molecule has 20 heavy (non-hydrogen) atoms. The van der Waals surface area contributed by atoms with Crippen LogP contribution in [0.2, 0.25) is 10.0 Å². The van der Waals surface area contributed by atoms with Gasteiger partial charge in [-0.05, 0) is 19.1 Å². The van der Waals surface area contributed by atoms with Gasteiger partial charge >= 0.3 is 0 Å². The third kappa shape index (κ3) is 3.62. The predicted molar refractivity (Wildman–Crippen MR) is 85.2 cm³/mol. The van der Waals surface area contributed by atoms with Gasteiger partial charge in [-0.15, -0.1) is 6.58 Å². The van der Waals surface area contributed by atoms with Gasteiger partial charge in [0.2, 0.25) is 5.95 Å². The number of benzene rings is 1. The molecule has 0 atom stereocenters. The van der Waals surface area contributed by atoms with E-state index in [1.807, 2.05) is 25.1 Å². The number of halogens is 2. The molecule has 1 heterocycles. The van der Waals surface area contributed by atoms with E-state index in [2.05, 4.69) is 27.2 Å². The van der Waals surface area contributed by atoms with Crippen molar-refractivity contribution in [1.29, 1.82) is 0 Å². The Morgan fingerprint density at radius 1 is 1.30 bits per heavy atom. The van der Waals surface area contributed by atoms with Gasteiger partial charge < -0.3 is 10.6 Å². The number of rotatable bonds is 5. The molecule has 0 aliphatic rings. The molecule has 2 aromatic rings. The van der Waals surface area contributed by atoms with E-state index in [0.29, 0.717) is 34.0 Å². The average Bonchev–Trinajstić information content (AvgIpc) is 2.41. The monoisotopic (exact) mass is 308 g/mol. The first-order valence-corrected chi connectivity index (χ1v) is 6.77. The van der Waals surface area contributed by atoms with Gasteiger partial charge in [0.25, 0.3) is 0 Å². The molecule has 0 saturated carbocycles. The SMILES string of the molecule is C=CCNc1nc(C)cc(Nc2cccc(Cl)c2Cl)n1. The summed E-state index contributed by atoms with van der Waals surface area (Å²) < 4.78 is 0. The van der Waals surface area contributed by atoms with Crippen molar-refractivity contribution in [2.45, 2.75) is 6.92 Å². The second-order valence-electron chi connectivity index (χ2n) is 4.11. The van der Waals surface area contributed by atoms with Gasteiger partial charge in [-0.3, -0.25) is 0 Å². The summed E-state index contributed by atoms with van der Waals surface area (Å²) in [6.45, 7) is 6.14. The average molecular weight is 309 g/mol. The molecule has 1 aromatic heterocycles. The maximum absolute atomic E-state index is 6.14. The van der Waals surface area contributed by atoms with E-state index in [1.165, 1.54) is 0 Å². The molecule has 0 unspecified atom stereocenters. The molecule has 0 amide bonds.